The van der Waals surface area contributed by atoms with Crippen LogP contribution >= 0.6 is 0 Å². The van der Waals surface area contributed by atoms with Crippen molar-refractivity contribution in [2.45, 2.75) is 19.3 Å². The molecular weight excluding hydrogens is 348 g/mol. The molecule has 1 aliphatic heterocycles. The highest BCUT2D eigenvalue weighted by Crippen LogP contribution is 2.26. The number of nitrogens with zero attached hydrogens (tertiary/aromatic N) is 2. The molecular formula is C19H26N4O4. The van der Waals surface area contributed by atoms with Gasteiger partial charge in [0, 0.05) is 26.1 Å². The van der Waals surface area contributed by atoms with Gasteiger partial charge >= 0.3 is 0 Å². The van der Waals surface area contributed by atoms with Crippen LogP contribution in [0.1, 0.15) is 19.3 Å². The van der Waals surface area contributed by atoms with Crippen molar-refractivity contribution in [2.75, 3.05) is 45.9 Å². The minimum absolute atomic E-state index is 0.120. The molecule has 146 valence electrons. The molecule has 1 aromatic carbocycles. The molecule has 0 unspecified atom stereocenters. The molecule has 1 aliphatic rings. The van der Waals surface area contributed by atoms with E-state index in [1.165, 1.54) is 0 Å². The monoisotopic (exact) mass is 374 g/mol. The van der Waals surface area contributed by atoms with E-state index in [9.17, 15) is 9.59 Å². The lowest BCUT2D eigenvalue weighted by Crippen LogP contribution is -2.35. The molecule has 0 saturated carbocycles. The van der Waals surface area contributed by atoms with E-state index in [2.05, 4.69) is 21.6 Å². The normalized spacial score (nSPS) is 17.9. The summed E-state index contributed by atoms with van der Waals surface area (Å²) in [6.07, 6.45) is 2.02. The summed E-state index contributed by atoms with van der Waals surface area (Å²) in [5, 5.41) is 14.4. The summed E-state index contributed by atoms with van der Waals surface area (Å²) < 4.78 is 11.0. The van der Waals surface area contributed by atoms with Gasteiger partial charge in [0.05, 0.1) is 6.07 Å². The molecule has 8 heteroatoms. The first-order valence-corrected chi connectivity index (χ1v) is 9.16. The predicted molar refractivity (Wildman–Crippen MR) is 99.4 cm³/mol. The number of benzene rings is 1. The number of para-hydroxylation sites is 2. The Morgan fingerprint density at radius 3 is 1.96 bits per heavy atom. The Hall–Kier alpha value is -2.79. The molecule has 1 heterocycles. The Kier molecular flexibility index (Phi) is 8.93. The van der Waals surface area contributed by atoms with Crippen molar-refractivity contribution in [3.05, 3.63) is 24.3 Å². The van der Waals surface area contributed by atoms with Gasteiger partial charge in [-0.25, -0.2) is 0 Å². The smallest absolute Gasteiger partial charge is 0.257 e. The fourth-order valence-corrected chi connectivity index (χ4v) is 2.68. The topological polar surface area (TPSA) is 104 Å². The van der Waals surface area contributed by atoms with Crippen LogP contribution in [0.3, 0.4) is 0 Å². The van der Waals surface area contributed by atoms with E-state index in [1.54, 1.807) is 24.3 Å². The average Bonchev–Trinajstić information content (AvgIpc) is 2.68. The van der Waals surface area contributed by atoms with Crippen molar-refractivity contribution in [2.24, 2.45) is 0 Å². The second-order valence-electron chi connectivity index (χ2n) is 6.18. The van der Waals surface area contributed by atoms with E-state index < -0.39 is 0 Å². The number of hydrogen-bond acceptors (Lipinski definition) is 6. The number of ether oxygens (including phenoxy) is 2. The molecule has 0 fully saturated rings. The van der Waals surface area contributed by atoms with Gasteiger partial charge in [0.2, 0.25) is 0 Å². The van der Waals surface area contributed by atoms with Crippen LogP contribution in [-0.2, 0) is 9.59 Å². The van der Waals surface area contributed by atoms with Gasteiger partial charge in [-0.15, -0.1) is 0 Å². The summed E-state index contributed by atoms with van der Waals surface area (Å²) in [4.78, 5) is 26.1. The fourth-order valence-electron chi connectivity index (χ4n) is 2.68. The van der Waals surface area contributed by atoms with Gasteiger partial charge in [0.15, 0.2) is 24.7 Å². The first kappa shape index (κ1) is 20.5. The van der Waals surface area contributed by atoms with Crippen LogP contribution in [0.5, 0.6) is 11.5 Å². The second-order valence-corrected chi connectivity index (χ2v) is 6.18. The molecule has 0 saturated heterocycles. The van der Waals surface area contributed by atoms with Gasteiger partial charge in [-0.05, 0) is 38.1 Å². The Bertz CT molecular complexity index is 612. The highest BCUT2D eigenvalue weighted by Gasteiger charge is 2.11. The van der Waals surface area contributed by atoms with Crippen molar-refractivity contribution in [1.82, 2.24) is 15.5 Å². The quantitative estimate of drug-likeness (QED) is 0.789. The van der Waals surface area contributed by atoms with Crippen molar-refractivity contribution < 1.29 is 19.1 Å². The molecule has 0 aliphatic carbocycles. The van der Waals surface area contributed by atoms with Crippen LogP contribution in [-0.4, -0.2) is 62.7 Å². The molecule has 1 aromatic rings. The zero-order valence-electron chi connectivity index (χ0n) is 15.4. The summed E-state index contributed by atoms with van der Waals surface area (Å²) in [6, 6.07) is 9.10. The van der Waals surface area contributed by atoms with E-state index in [1.807, 2.05) is 0 Å². The van der Waals surface area contributed by atoms with Gasteiger partial charge in [0.25, 0.3) is 11.8 Å². The van der Waals surface area contributed by atoms with E-state index in [0.717, 1.165) is 25.9 Å². The van der Waals surface area contributed by atoms with E-state index in [0.29, 0.717) is 37.6 Å². The standard InChI is InChI=1S/C19H26N4O4/c20-8-3-11-23-12-4-9-21-18(24)14-26-16-6-1-2-7-17(16)27-15-19(25)22-10-5-13-23/h1-2,6-7H,3-5,9-15H2,(H,21,24)(H,22,25). The van der Waals surface area contributed by atoms with Crippen molar-refractivity contribution in [1.29, 1.82) is 5.26 Å². The Balaban J connectivity index is 1.96. The molecule has 27 heavy (non-hydrogen) atoms. The Morgan fingerprint density at radius 1 is 0.963 bits per heavy atom. The van der Waals surface area contributed by atoms with Crippen molar-refractivity contribution in [3.8, 4) is 17.6 Å². The van der Waals surface area contributed by atoms with Gasteiger partial charge in [-0.3, -0.25) is 9.59 Å². The van der Waals surface area contributed by atoms with E-state index in [-0.39, 0.29) is 25.0 Å². The van der Waals surface area contributed by atoms with Crippen molar-refractivity contribution in [3.63, 3.8) is 0 Å². The summed E-state index contributed by atoms with van der Waals surface area (Å²) in [5.41, 5.74) is 0. The number of fused-ring (bicyclic) bond motifs is 1. The maximum atomic E-state index is 11.9. The highest BCUT2D eigenvalue weighted by atomic mass is 16.5. The number of amides is 2. The number of nitriles is 1. The number of carbonyl (C=O) groups excluding carboxylic acids is 2. The van der Waals surface area contributed by atoms with Crippen LogP contribution in [0.2, 0.25) is 0 Å². The van der Waals surface area contributed by atoms with Crippen LogP contribution in [0.4, 0.5) is 0 Å². The summed E-state index contributed by atoms with van der Waals surface area (Å²) in [5.74, 6) is 0.422. The molecule has 8 nitrogen and oxygen atoms in total. The average molecular weight is 374 g/mol. The molecule has 0 atom stereocenters. The SMILES string of the molecule is N#CCCN1CCCNC(=O)COc2ccccc2OCC(=O)NCCC1. The molecule has 2 rings (SSSR count). The highest BCUT2D eigenvalue weighted by molar-refractivity contribution is 5.78. The summed E-state index contributed by atoms with van der Waals surface area (Å²) in [6.45, 7) is 3.08. The van der Waals surface area contributed by atoms with Gasteiger partial charge in [-0.2, -0.15) is 5.26 Å². The lowest BCUT2D eigenvalue weighted by molar-refractivity contribution is -0.124. The fraction of sp³-hybridized carbons (Fsp3) is 0.526. The van der Waals surface area contributed by atoms with E-state index >= 15 is 0 Å². The molecule has 2 amide bonds. The van der Waals surface area contributed by atoms with Crippen LogP contribution in [0, 0.1) is 11.3 Å². The molecule has 2 N–H and O–H groups in total. The Morgan fingerprint density at radius 2 is 1.48 bits per heavy atom. The maximum Gasteiger partial charge on any atom is 0.257 e. The minimum atomic E-state index is -0.213. The van der Waals surface area contributed by atoms with Gasteiger partial charge in [-0.1, -0.05) is 12.1 Å². The van der Waals surface area contributed by atoms with Gasteiger partial charge in [0.1, 0.15) is 0 Å². The Labute approximate surface area is 159 Å². The largest absolute Gasteiger partial charge is 0.480 e. The summed E-state index contributed by atoms with van der Waals surface area (Å²) >= 11 is 0. The van der Waals surface area contributed by atoms with E-state index in [4.69, 9.17) is 14.7 Å². The van der Waals surface area contributed by atoms with Crippen molar-refractivity contribution >= 4 is 11.8 Å². The zero-order chi connectivity index (χ0) is 19.3. The number of nitrogens with one attached hydrogen (secondary N) is 2. The molecule has 0 spiro atoms. The molecule has 0 aromatic heterocycles. The van der Waals surface area contributed by atoms with Crippen LogP contribution in [0.25, 0.3) is 0 Å². The third kappa shape index (κ3) is 7.96. The first-order valence-electron chi connectivity index (χ1n) is 9.16. The predicted octanol–water partition coefficient (Wildman–Crippen LogP) is 0.686. The van der Waals surface area contributed by atoms with Crippen LogP contribution < -0.4 is 20.1 Å². The third-order valence-corrected chi connectivity index (χ3v) is 4.05. The first-order chi connectivity index (χ1) is 13.2. The molecule has 0 radical (unpaired) electrons. The minimum Gasteiger partial charge on any atom is -0.480 e. The number of carbonyl (C=O) groups is 2. The maximum absolute atomic E-state index is 11.9. The van der Waals surface area contributed by atoms with Crippen LogP contribution in [0.15, 0.2) is 24.3 Å². The lowest BCUT2D eigenvalue weighted by Gasteiger charge is -2.21. The second kappa shape index (κ2) is 11.8. The molecule has 0 bridgehead atoms. The summed E-state index contributed by atoms with van der Waals surface area (Å²) in [7, 11) is 0. The number of hydrogen-bond donors (Lipinski definition) is 2. The third-order valence-electron chi connectivity index (χ3n) is 4.05. The van der Waals surface area contributed by atoms with Gasteiger partial charge < -0.3 is 25.0 Å². The zero-order valence-corrected chi connectivity index (χ0v) is 15.4. The lowest BCUT2D eigenvalue weighted by atomic mass is 10.3. The number of rotatable bonds is 2.